The summed E-state index contributed by atoms with van der Waals surface area (Å²) < 4.78 is 5.92. The van der Waals surface area contributed by atoms with E-state index in [0.29, 0.717) is 40.4 Å². The fourth-order valence-electron chi connectivity index (χ4n) is 8.11. The molecule has 0 saturated heterocycles. The van der Waals surface area contributed by atoms with Crippen LogP contribution in [-0.2, 0) is 4.79 Å². The minimum atomic E-state index is -1.27. The minimum absolute atomic E-state index is 0. The van der Waals surface area contributed by atoms with Crippen LogP contribution in [0.3, 0.4) is 0 Å². The van der Waals surface area contributed by atoms with Crippen LogP contribution < -0.4 is 10.1 Å². The van der Waals surface area contributed by atoms with Gasteiger partial charge in [0.2, 0.25) is 0 Å². The third kappa shape index (κ3) is 6.87. The molecule has 1 amide bonds. The summed E-state index contributed by atoms with van der Waals surface area (Å²) in [5.41, 5.74) is 2.95. The number of amides is 1. The molecule has 0 unspecified atom stereocenters. The molecule has 4 aliphatic rings. The van der Waals surface area contributed by atoms with Gasteiger partial charge in [-0.2, -0.15) is 0 Å². The van der Waals surface area contributed by atoms with Gasteiger partial charge in [0.25, 0.3) is 5.91 Å². The minimum Gasteiger partial charge on any atom is -0.489 e. The molecule has 0 radical (unpaired) electrons. The number of aliphatic hydroxyl groups excluding tert-OH is 1. The third-order valence-electron chi connectivity index (χ3n) is 9.88. The van der Waals surface area contributed by atoms with Gasteiger partial charge in [0.15, 0.2) is 0 Å². The second-order valence-corrected chi connectivity index (χ2v) is 13.6. The highest BCUT2D eigenvalue weighted by Crippen LogP contribution is 2.58. The Balaban J connectivity index is 0.00000240. The van der Waals surface area contributed by atoms with Gasteiger partial charge in [0.1, 0.15) is 29.7 Å². The van der Waals surface area contributed by atoms with Gasteiger partial charge in [-0.25, -0.2) is 9.78 Å². The quantitative estimate of drug-likeness (QED) is 0.222. The number of halogens is 3. The van der Waals surface area contributed by atoms with Crippen LogP contribution >= 0.6 is 36.4 Å². The Morgan fingerprint density at radius 2 is 1.65 bits per heavy atom. The summed E-state index contributed by atoms with van der Waals surface area (Å²) in [5, 5.41) is 24.3. The third-order valence-corrected chi connectivity index (χ3v) is 10.2. The Morgan fingerprint density at radius 3 is 2.26 bits per heavy atom. The van der Waals surface area contributed by atoms with E-state index in [2.05, 4.69) is 5.32 Å². The normalized spacial score (nSPS) is 24.9. The van der Waals surface area contributed by atoms with E-state index in [-0.39, 0.29) is 49.0 Å². The second-order valence-electron chi connectivity index (χ2n) is 13.2. The SMILES string of the molecule is Cc1ccccc1-c1ccc(C(=O)NC2(C(=O)O)C3CC4CC(C3)CC2C4)nc1-c1ccc(Cl)c(OC[C@@H](O)CN(C)C)c1.Cl.Cl. The summed E-state index contributed by atoms with van der Waals surface area (Å²) in [6, 6.07) is 16.8. The van der Waals surface area contributed by atoms with Crippen molar-refractivity contribution in [1.29, 1.82) is 0 Å². The van der Waals surface area contributed by atoms with Gasteiger partial charge in [-0.3, -0.25) is 4.79 Å². The molecule has 4 fully saturated rings. The number of hydrogen-bond donors (Lipinski definition) is 3. The Morgan fingerprint density at radius 1 is 1.00 bits per heavy atom. The van der Waals surface area contributed by atoms with E-state index in [9.17, 15) is 19.8 Å². The van der Waals surface area contributed by atoms with Crippen LogP contribution in [0.1, 0.15) is 48.2 Å². The standard InChI is InChI=1S/C35H40ClN3O5.2ClH/c1-20-6-4-5-7-27(20)28-9-11-30(33(41)38-35(34(42)43)24-13-21-12-22(15-24)16-25(35)14-21)37-32(28)23-8-10-29(36)31(17-23)44-19-26(40)18-39(2)3;;/h4-11,17,21-22,24-26,40H,12-16,18-19H2,1-3H3,(H,38,41)(H,42,43);2*1H/t21?,22?,24?,25?,26-,35?;;/m0../s1. The lowest BCUT2D eigenvalue weighted by Gasteiger charge is -2.59. The number of aromatic nitrogens is 1. The predicted molar refractivity (Wildman–Crippen MR) is 184 cm³/mol. The number of rotatable bonds is 10. The van der Waals surface area contributed by atoms with Crippen molar-refractivity contribution in [3.63, 3.8) is 0 Å². The molecule has 4 saturated carbocycles. The molecular weight excluding hydrogens is 649 g/mol. The summed E-state index contributed by atoms with van der Waals surface area (Å²) >= 11 is 6.49. The molecule has 4 bridgehead atoms. The average molecular weight is 691 g/mol. The molecule has 11 heteroatoms. The summed E-state index contributed by atoms with van der Waals surface area (Å²) in [6.45, 7) is 2.52. The first-order valence-corrected chi connectivity index (χ1v) is 15.8. The van der Waals surface area contributed by atoms with Gasteiger partial charge in [-0.15, -0.1) is 24.8 Å². The zero-order valence-corrected chi connectivity index (χ0v) is 28.6. The number of nitrogens with zero attached hydrogens (tertiary/aromatic N) is 2. The second kappa shape index (κ2) is 14.5. The lowest BCUT2D eigenvalue weighted by atomic mass is 9.48. The Bertz CT molecular complexity index is 1550. The number of carboxylic acid groups (broad SMARTS) is 1. The highest BCUT2D eigenvalue weighted by Gasteiger charge is 2.62. The lowest BCUT2D eigenvalue weighted by molar-refractivity contribution is -0.163. The van der Waals surface area contributed by atoms with Crippen LogP contribution in [0.15, 0.2) is 54.6 Å². The first-order valence-electron chi connectivity index (χ1n) is 15.4. The number of benzene rings is 2. The van der Waals surface area contributed by atoms with Crippen LogP contribution in [0.2, 0.25) is 5.02 Å². The number of carboxylic acids is 1. The number of aryl methyl sites for hydroxylation is 1. The predicted octanol–water partition coefficient (Wildman–Crippen LogP) is 6.53. The number of aliphatic carboxylic acids is 1. The van der Waals surface area contributed by atoms with E-state index < -0.39 is 23.5 Å². The van der Waals surface area contributed by atoms with Crippen LogP contribution in [-0.4, -0.2) is 70.9 Å². The zero-order chi connectivity index (χ0) is 31.2. The molecule has 8 nitrogen and oxygen atoms in total. The van der Waals surface area contributed by atoms with Crippen LogP contribution in [0.4, 0.5) is 0 Å². The van der Waals surface area contributed by atoms with Crippen molar-refractivity contribution < 1.29 is 24.5 Å². The largest absolute Gasteiger partial charge is 0.489 e. The number of nitrogens with one attached hydrogen (secondary N) is 1. The first-order chi connectivity index (χ1) is 21.0. The summed E-state index contributed by atoms with van der Waals surface area (Å²) in [7, 11) is 3.75. The molecule has 7 rings (SSSR count). The molecule has 1 atom stereocenters. The van der Waals surface area contributed by atoms with E-state index in [4.69, 9.17) is 21.3 Å². The van der Waals surface area contributed by atoms with E-state index in [1.165, 1.54) is 6.42 Å². The van der Waals surface area contributed by atoms with Gasteiger partial charge in [-0.05, 0) is 112 Å². The fraction of sp³-hybridized carbons (Fsp3) is 0.457. The van der Waals surface area contributed by atoms with Gasteiger partial charge >= 0.3 is 5.97 Å². The molecular formula is C35H42Cl3N3O5. The molecule has 1 heterocycles. The molecule has 4 aliphatic carbocycles. The Kier molecular flexibility index (Phi) is 11.3. The summed E-state index contributed by atoms with van der Waals surface area (Å²) in [4.78, 5) is 33.6. The van der Waals surface area contributed by atoms with E-state index in [1.807, 2.05) is 62.3 Å². The molecule has 0 spiro atoms. The number of carbonyl (C=O) groups excluding carboxylic acids is 1. The van der Waals surface area contributed by atoms with Gasteiger partial charge in [0, 0.05) is 17.7 Å². The average Bonchev–Trinajstić information content (AvgIpc) is 2.98. The van der Waals surface area contributed by atoms with Gasteiger partial charge in [0.05, 0.1) is 10.7 Å². The molecule has 0 aliphatic heterocycles. The summed E-state index contributed by atoms with van der Waals surface area (Å²) in [5.74, 6) is -0.0278. The van der Waals surface area contributed by atoms with Crippen molar-refractivity contribution in [3.05, 3.63) is 70.9 Å². The van der Waals surface area contributed by atoms with Gasteiger partial charge in [-0.1, -0.05) is 41.9 Å². The number of likely N-dealkylation sites (N-methyl/N-ethyl adjacent to an activating group) is 1. The van der Waals surface area contributed by atoms with Crippen LogP contribution in [0.5, 0.6) is 5.75 Å². The van der Waals surface area contributed by atoms with Crippen molar-refractivity contribution in [2.75, 3.05) is 27.2 Å². The van der Waals surface area contributed by atoms with Crippen molar-refractivity contribution in [2.24, 2.45) is 23.7 Å². The van der Waals surface area contributed by atoms with Crippen molar-refractivity contribution >= 4 is 48.3 Å². The van der Waals surface area contributed by atoms with Crippen molar-refractivity contribution in [3.8, 4) is 28.1 Å². The van der Waals surface area contributed by atoms with E-state index >= 15 is 0 Å². The Labute approximate surface area is 287 Å². The molecule has 1 aromatic heterocycles. The first kappa shape index (κ1) is 36.0. The maximum absolute atomic E-state index is 13.9. The number of hydrogen-bond acceptors (Lipinski definition) is 6. The molecule has 3 N–H and O–H groups in total. The maximum Gasteiger partial charge on any atom is 0.330 e. The van der Waals surface area contributed by atoms with Crippen LogP contribution in [0, 0.1) is 30.6 Å². The highest BCUT2D eigenvalue weighted by atomic mass is 35.5. The topological polar surface area (TPSA) is 112 Å². The molecule has 2 aromatic carbocycles. The molecule has 3 aromatic rings. The fourth-order valence-corrected chi connectivity index (χ4v) is 8.28. The zero-order valence-electron chi connectivity index (χ0n) is 26.2. The molecule has 248 valence electrons. The van der Waals surface area contributed by atoms with Crippen molar-refractivity contribution in [2.45, 2.75) is 50.7 Å². The van der Waals surface area contributed by atoms with E-state index in [0.717, 1.165) is 42.4 Å². The number of pyridine rings is 1. The number of ether oxygens (including phenoxy) is 1. The maximum atomic E-state index is 13.9. The summed E-state index contributed by atoms with van der Waals surface area (Å²) in [6.07, 6.45) is 3.87. The number of carbonyl (C=O) groups is 2. The smallest absolute Gasteiger partial charge is 0.330 e. The number of aliphatic hydroxyl groups is 1. The van der Waals surface area contributed by atoms with E-state index in [1.54, 1.807) is 18.2 Å². The van der Waals surface area contributed by atoms with Crippen LogP contribution in [0.25, 0.3) is 22.4 Å². The Hall–Kier alpha value is -2.88. The molecule has 46 heavy (non-hydrogen) atoms. The van der Waals surface area contributed by atoms with Gasteiger partial charge < -0.3 is 25.2 Å². The highest BCUT2D eigenvalue weighted by molar-refractivity contribution is 6.32. The lowest BCUT2D eigenvalue weighted by Crippen LogP contribution is -2.70. The van der Waals surface area contributed by atoms with Crippen molar-refractivity contribution in [1.82, 2.24) is 15.2 Å². The monoisotopic (exact) mass is 689 g/mol.